The van der Waals surface area contributed by atoms with Crippen LogP contribution in [-0.2, 0) is 23.8 Å². The SMILES string of the molecule is CCC1OC(=O)[C@H](C)C(O[C@H]2CC[C@@H](N)[C@H](C)O2)[C@@H](C)C[C@@H](C)C(=O)CC[C@H]1C. The minimum absolute atomic E-state index is 0.00964. The average Bonchev–Trinajstić information content (AvgIpc) is 2.68. The van der Waals surface area contributed by atoms with Crippen LogP contribution in [0.2, 0.25) is 0 Å². The second-order valence-electron chi connectivity index (χ2n) is 9.38. The van der Waals surface area contributed by atoms with E-state index < -0.39 is 5.92 Å². The van der Waals surface area contributed by atoms with Gasteiger partial charge in [-0.1, -0.05) is 27.7 Å². The fourth-order valence-electron chi connectivity index (χ4n) is 4.61. The minimum atomic E-state index is -0.428. The lowest BCUT2D eigenvalue weighted by Gasteiger charge is -2.38. The number of hydrogen-bond acceptors (Lipinski definition) is 6. The van der Waals surface area contributed by atoms with Crippen molar-refractivity contribution < 1.29 is 23.8 Å². The highest BCUT2D eigenvalue weighted by Gasteiger charge is 2.38. The van der Waals surface area contributed by atoms with Crippen molar-refractivity contribution in [2.45, 2.75) is 111 Å². The lowest BCUT2D eigenvalue weighted by atomic mass is 9.83. The van der Waals surface area contributed by atoms with Crippen molar-refractivity contribution in [3.05, 3.63) is 0 Å². The third-order valence-corrected chi connectivity index (χ3v) is 6.87. The van der Waals surface area contributed by atoms with Crippen LogP contribution in [0.25, 0.3) is 0 Å². The summed E-state index contributed by atoms with van der Waals surface area (Å²) in [5.74, 6) is -0.227. The van der Waals surface area contributed by atoms with Crippen molar-refractivity contribution in [3.8, 4) is 0 Å². The van der Waals surface area contributed by atoms with Crippen LogP contribution in [0.15, 0.2) is 0 Å². The molecule has 2 N–H and O–H groups in total. The summed E-state index contributed by atoms with van der Waals surface area (Å²) in [6.45, 7) is 12.0. The molecule has 0 spiro atoms. The second kappa shape index (κ2) is 10.9. The highest BCUT2D eigenvalue weighted by atomic mass is 16.7. The molecule has 0 aliphatic carbocycles. The van der Waals surface area contributed by atoms with Gasteiger partial charge in [0.15, 0.2) is 6.29 Å². The molecule has 2 heterocycles. The van der Waals surface area contributed by atoms with Gasteiger partial charge in [0.2, 0.25) is 0 Å². The minimum Gasteiger partial charge on any atom is -0.462 e. The number of nitrogens with two attached hydrogens (primary N) is 1. The number of carbonyl (C=O) groups excluding carboxylic acids is 2. The summed E-state index contributed by atoms with van der Waals surface area (Å²) >= 11 is 0. The molecule has 2 saturated heterocycles. The molecule has 0 aromatic heterocycles. The first-order chi connectivity index (χ1) is 13.6. The molecule has 6 heteroatoms. The van der Waals surface area contributed by atoms with Crippen LogP contribution in [0, 0.1) is 23.7 Å². The zero-order valence-corrected chi connectivity index (χ0v) is 19.1. The number of cyclic esters (lactones) is 1. The molecule has 0 aromatic carbocycles. The fraction of sp³-hybridized carbons (Fsp3) is 0.913. The zero-order valence-electron chi connectivity index (χ0n) is 19.1. The molecule has 2 rings (SSSR count). The molecule has 0 aromatic rings. The molecule has 2 aliphatic heterocycles. The predicted octanol–water partition coefficient (Wildman–Crippen LogP) is 3.84. The summed E-state index contributed by atoms with van der Waals surface area (Å²) in [6, 6.07) is 0.00964. The first kappa shape index (κ1) is 24.3. The Bertz CT molecular complexity index is 553. The predicted molar refractivity (Wildman–Crippen MR) is 112 cm³/mol. The molecule has 2 aliphatic rings. The molecule has 2 fully saturated rings. The number of ketones is 1. The summed E-state index contributed by atoms with van der Waals surface area (Å²) in [6.07, 6.45) is 3.26. The van der Waals surface area contributed by atoms with Gasteiger partial charge < -0.3 is 19.9 Å². The van der Waals surface area contributed by atoms with E-state index in [4.69, 9.17) is 19.9 Å². The molecule has 6 nitrogen and oxygen atoms in total. The first-order valence-corrected chi connectivity index (χ1v) is 11.4. The third-order valence-electron chi connectivity index (χ3n) is 6.87. The van der Waals surface area contributed by atoms with E-state index in [-0.39, 0.29) is 60.2 Å². The van der Waals surface area contributed by atoms with Crippen LogP contribution in [0.1, 0.15) is 80.1 Å². The highest BCUT2D eigenvalue weighted by molar-refractivity contribution is 5.80. The van der Waals surface area contributed by atoms with Crippen molar-refractivity contribution in [2.24, 2.45) is 29.4 Å². The molecule has 2 unspecified atom stereocenters. The largest absolute Gasteiger partial charge is 0.462 e. The maximum absolute atomic E-state index is 13.0. The van der Waals surface area contributed by atoms with Gasteiger partial charge in [-0.2, -0.15) is 0 Å². The van der Waals surface area contributed by atoms with E-state index in [2.05, 4.69) is 13.8 Å². The summed E-state index contributed by atoms with van der Waals surface area (Å²) < 4.78 is 18.2. The molecular weight excluding hydrogens is 370 g/mol. The quantitative estimate of drug-likeness (QED) is 0.710. The van der Waals surface area contributed by atoms with Crippen LogP contribution in [0.4, 0.5) is 0 Å². The molecule has 0 amide bonds. The lowest BCUT2D eigenvalue weighted by Crippen LogP contribution is -2.47. The number of Topliss-reactive ketones (excluding diaryl/α,β-unsaturated/α-hetero) is 1. The monoisotopic (exact) mass is 411 g/mol. The third kappa shape index (κ3) is 6.50. The van der Waals surface area contributed by atoms with E-state index in [1.54, 1.807) is 0 Å². The molecule has 0 saturated carbocycles. The molecule has 0 bridgehead atoms. The summed E-state index contributed by atoms with van der Waals surface area (Å²) in [5, 5.41) is 0. The molecule has 168 valence electrons. The second-order valence-corrected chi connectivity index (χ2v) is 9.38. The molecule has 9 atom stereocenters. The van der Waals surface area contributed by atoms with Crippen LogP contribution >= 0.6 is 0 Å². The van der Waals surface area contributed by atoms with E-state index in [1.165, 1.54) is 0 Å². The van der Waals surface area contributed by atoms with Gasteiger partial charge in [0, 0.05) is 18.4 Å². The van der Waals surface area contributed by atoms with Crippen molar-refractivity contribution in [2.75, 3.05) is 0 Å². The summed E-state index contributed by atoms with van der Waals surface area (Å²) in [4.78, 5) is 25.6. The highest BCUT2D eigenvalue weighted by Crippen LogP contribution is 2.31. The molecule has 0 radical (unpaired) electrons. The summed E-state index contributed by atoms with van der Waals surface area (Å²) in [7, 11) is 0. The summed E-state index contributed by atoms with van der Waals surface area (Å²) in [5.41, 5.74) is 6.05. The van der Waals surface area contributed by atoms with E-state index >= 15 is 0 Å². The Hall–Kier alpha value is -0.980. The Morgan fingerprint density at radius 1 is 1.03 bits per heavy atom. The van der Waals surface area contributed by atoms with Gasteiger partial charge in [0.05, 0.1) is 18.1 Å². The maximum atomic E-state index is 13.0. The van der Waals surface area contributed by atoms with Crippen LogP contribution in [0.5, 0.6) is 0 Å². The van der Waals surface area contributed by atoms with Crippen LogP contribution in [0.3, 0.4) is 0 Å². The van der Waals surface area contributed by atoms with E-state index in [1.807, 2.05) is 27.7 Å². The van der Waals surface area contributed by atoms with E-state index in [0.717, 1.165) is 19.3 Å². The van der Waals surface area contributed by atoms with Gasteiger partial charge in [-0.25, -0.2) is 0 Å². The van der Waals surface area contributed by atoms with Crippen molar-refractivity contribution in [3.63, 3.8) is 0 Å². The zero-order chi connectivity index (χ0) is 21.7. The average molecular weight is 412 g/mol. The Morgan fingerprint density at radius 2 is 1.72 bits per heavy atom. The molecule has 29 heavy (non-hydrogen) atoms. The Kier molecular flexibility index (Phi) is 9.11. The van der Waals surface area contributed by atoms with E-state index in [9.17, 15) is 9.59 Å². The van der Waals surface area contributed by atoms with Gasteiger partial charge in [-0.3, -0.25) is 9.59 Å². The Labute approximate surface area is 176 Å². The van der Waals surface area contributed by atoms with Gasteiger partial charge in [0.1, 0.15) is 11.9 Å². The number of ether oxygens (including phenoxy) is 3. The smallest absolute Gasteiger partial charge is 0.311 e. The van der Waals surface area contributed by atoms with Crippen LogP contribution in [-0.4, -0.2) is 42.4 Å². The lowest BCUT2D eigenvalue weighted by molar-refractivity contribution is -0.234. The molecular formula is C23H41NO5. The van der Waals surface area contributed by atoms with Gasteiger partial charge in [-0.05, 0) is 57.8 Å². The van der Waals surface area contributed by atoms with Gasteiger partial charge >= 0.3 is 5.97 Å². The Balaban J connectivity index is 2.21. The first-order valence-electron chi connectivity index (χ1n) is 11.4. The van der Waals surface area contributed by atoms with Gasteiger partial charge in [-0.15, -0.1) is 0 Å². The number of rotatable bonds is 3. The standard InChI is InChI=1S/C23H41NO5/c1-7-20-13(2)8-10-19(25)14(3)12-15(4)22(16(5)23(26)28-20)29-21-11-9-18(24)17(6)27-21/h13-18,20-22H,7-12,24H2,1-6H3/t13-,14-,15+,16-,17+,18-,20?,21+,22?/m1/s1. The van der Waals surface area contributed by atoms with Crippen molar-refractivity contribution in [1.82, 2.24) is 0 Å². The Morgan fingerprint density at radius 3 is 2.34 bits per heavy atom. The van der Waals surface area contributed by atoms with Gasteiger partial charge in [0.25, 0.3) is 0 Å². The van der Waals surface area contributed by atoms with Crippen LogP contribution < -0.4 is 5.73 Å². The van der Waals surface area contributed by atoms with E-state index in [0.29, 0.717) is 19.3 Å². The number of esters is 1. The topological polar surface area (TPSA) is 87.8 Å². The van der Waals surface area contributed by atoms with Crippen molar-refractivity contribution in [1.29, 1.82) is 0 Å². The maximum Gasteiger partial charge on any atom is 0.311 e. The van der Waals surface area contributed by atoms with Crippen molar-refractivity contribution >= 4 is 11.8 Å². The number of carbonyl (C=O) groups is 2. The fourth-order valence-corrected chi connectivity index (χ4v) is 4.61. The normalized spacial score (nSPS) is 43.2. The number of hydrogen-bond donors (Lipinski definition) is 1.